The van der Waals surface area contributed by atoms with Crippen LogP contribution < -0.4 is 19.5 Å². The first-order chi connectivity index (χ1) is 16.4. The molecule has 0 spiro atoms. The van der Waals surface area contributed by atoms with Crippen molar-refractivity contribution in [1.82, 2.24) is 15.1 Å². The van der Waals surface area contributed by atoms with Gasteiger partial charge in [0.1, 0.15) is 11.6 Å². The first-order valence-electron chi connectivity index (χ1n) is 11.6. The minimum absolute atomic E-state index is 0.0645. The maximum Gasteiger partial charge on any atom is 0.224 e. The van der Waals surface area contributed by atoms with Gasteiger partial charge in [-0.3, -0.25) is 9.69 Å². The minimum atomic E-state index is -0.325. The Balaban J connectivity index is 1.68. The van der Waals surface area contributed by atoms with Crippen LogP contribution in [0.15, 0.2) is 42.5 Å². The van der Waals surface area contributed by atoms with E-state index in [2.05, 4.69) is 10.2 Å². The van der Waals surface area contributed by atoms with Crippen molar-refractivity contribution in [1.29, 1.82) is 0 Å². The number of amides is 1. The topological polar surface area (TPSA) is 63.3 Å². The number of methoxy groups -OCH3 is 2. The average Bonchev–Trinajstić information content (AvgIpc) is 2.82. The Morgan fingerprint density at radius 3 is 2.62 bits per heavy atom. The zero-order valence-corrected chi connectivity index (χ0v) is 20.6. The molecule has 2 aromatic rings. The lowest BCUT2D eigenvalue weighted by molar-refractivity contribution is -0.127. The van der Waals surface area contributed by atoms with E-state index in [1.165, 1.54) is 12.1 Å². The molecule has 0 aliphatic carbocycles. The third kappa shape index (κ3) is 7.60. The number of likely N-dealkylation sites (tertiary alicyclic amines) is 1. The molecule has 1 amide bonds. The molecule has 0 aromatic heterocycles. The molecule has 1 aliphatic heterocycles. The molecule has 2 aromatic carbocycles. The fourth-order valence-electron chi connectivity index (χ4n) is 4.30. The summed E-state index contributed by atoms with van der Waals surface area (Å²) in [7, 11) is 7.20. The molecule has 0 radical (unpaired) electrons. The van der Waals surface area contributed by atoms with Crippen LogP contribution in [0, 0.1) is 17.7 Å². The van der Waals surface area contributed by atoms with Crippen molar-refractivity contribution in [2.24, 2.45) is 11.8 Å². The Morgan fingerprint density at radius 2 is 1.91 bits per heavy atom. The van der Waals surface area contributed by atoms with Gasteiger partial charge in [0.2, 0.25) is 5.91 Å². The summed E-state index contributed by atoms with van der Waals surface area (Å²) in [5.74, 6) is 1.61. The van der Waals surface area contributed by atoms with Gasteiger partial charge < -0.3 is 24.4 Å². The van der Waals surface area contributed by atoms with Crippen LogP contribution in [0.25, 0.3) is 0 Å². The number of ether oxygens (including phenoxy) is 3. The van der Waals surface area contributed by atoms with Crippen molar-refractivity contribution in [2.75, 3.05) is 61.1 Å². The third-order valence-corrected chi connectivity index (χ3v) is 5.98. The van der Waals surface area contributed by atoms with Gasteiger partial charge in [0, 0.05) is 44.7 Å². The predicted molar refractivity (Wildman–Crippen MR) is 130 cm³/mol. The molecule has 1 fully saturated rings. The number of nitrogens with one attached hydrogen (secondary N) is 1. The van der Waals surface area contributed by atoms with Crippen LogP contribution >= 0.6 is 0 Å². The second kappa shape index (κ2) is 12.6. The van der Waals surface area contributed by atoms with Gasteiger partial charge in [-0.2, -0.15) is 0 Å². The number of carbonyl (C=O) groups is 1. The van der Waals surface area contributed by atoms with Gasteiger partial charge in [0.15, 0.2) is 11.5 Å². The number of halogens is 1. The summed E-state index contributed by atoms with van der Waals surface area (Å²) < 4.78 is 30.2. The first kappa shape index (κ1) is 25.8. The molecule has 1 aliphatic rings. The number of hydrogen-bond donors (Lipinski definition) is 1. The molecule has 7 nitrogen and oxygen atoms in total. The molecule has 0 bridgehead atoms. The highest BCUT2D eigenvalue weighted by Crippen LogP contribution is 2.30. The second-order valence-corrected chi connectivity index (χ2v) is 9.04. The van der Waals surface area contributed by atoms with Crippen LogP contribution in [0.3, 0.4) is 0 Å². The Kier molecular flexibility index (Phi) is 9.53. The summed E-state index contributed by atoms with van der Waals surface area (Å²) in [6.45, 7) is 3.96. The van der Waals surface area contributed by atoms with Gasteiger partial charge in [-0.1, -0.05) is 12.1 Å². The van der Waals surface area contributed by atoms with Gasteiger partial charge in [-0.15, -0.1) is 0 Å². The molecule has 34 heavy (non-hydrogen) atoms. The number of carbonyl (C=O) groups excluding carboxylic acids is 1. The molecule has 1 N–H and O–H groups in total. The minimum Gasteiger partial charge on any atom is -0.493 e. The van der Waals surface area contributed by atoms with Crippen molar-refractivity contribution in [2.45, 2.75) is 13.0 Å². The molecular formula is C26H36FN3O4. The van der Waals surface area contributed by atoms with E-state index in [0.29, 0.717) is 43.5 Å². The highest BCUT2D eigenvalue weighted by molar-refractivity contribution is 5.79. The maximum absolute atomic E-state index is 13.5. The van der Waals surface area contributed by atoms with E-state index in [-0.39, 0.29) is 23.6 Å². The van der Waals surface area contributed by atoms with Crippen LogP contribution in [-0.4, -0.2) is 76.8 Å². The lowest BCUT2D eigenvalue weighted by Crippen LogP contribution is -2.48. The molecule has 0 saturated carbocycles. The van der Waals surface area contributed by atoms with E-state index in [9.17, 15) is 9.18 Å². The normalized spacial score (nSPS) is 18.5. The van der Waals surface area contributed by atoms with Crippen LogP contribution in [0.2, 0.25) is 0 Å². The quantitative estimate of drug-likeness (QED) is 0.541. The Hall–Kier alpha value is -2.84. The van der Waals surface area contributed by atoms with Crippen LogP contribution in [0.4, 0.5) is 4.39 Å². The van der Waals surface area contributed by atoms with Crippen molar-refractivity contribution in [3.05, 3.63) is 53.8 Å². The fourth-order valence-corrected chi connectivity index (χ4v) is 4.30. The van der Waals surface area contributed by atoms with Crippen molar-refractivity contribution >= 4 is 5.91 Å². The van der Waals surface area contributed by atoms with E-state index in [0.717, 1.165) is 25.1 Å². The van der Waals surface area contributed by atoms with Gasteiger partial charge in [0.05, 0.1) is 26.7 Å². The Bertz CT molecular complexity index is 940. The average molecular weight is 474 g/mol. The Labute approximate surface area is 201 Å². The number of benzene rings is 2. The fraction of sp³-hybridized carbons (Fsp3) is 0.500. The number of likely N-dealkylation sites (N-methyl/N-ethyl adjacent to an activating group) is 1. The smallest absolute Gasteiger partial charge is 0.224 e. The van der Waals surface area contributed by atoms with Gasteiger partial charge in [-0.25, -0.2) is 4.39 Å². The zero-order valence-electron chi connectivity index (χ0n) is 20.6. The maximum atomic E-state index is 13.5. The molecule has 3 rings (SSSR count). The van der Waals surface area contributed by atoms with Crippen molar-refractivity contribution < 1.29 is 23.4 Å². The lowest BCUT2D eigenvalue weighted by atomic mass is 9.88. The van der Waals surface area contributed by atoms with Crippen molar-refractivity contribution in [3.63, 3.8) is 0 Å². The van der Waals surface area contributed by atoms with Crippen LogP contribution in [-0.2, 0) is 11.3 Å². The van der Waals surface area contributed by atoms with Crippen molar-refractivity contribution in [3.8, 4) is 17.2 Å². The molecule has 1 heterocycles. The monoisotopic (exact) mass is 473 g/mol. The number of piperidine rings is 1. The zero-order chi connectivity index (χ0) is 24.5. The number of nitrogens with zero attached hydrogens (tertiary/aromatic N) is 2. The molecule has 0 unspecified atom stereocenters. The summed E-state index contributed by atoms with van der Waals surface area (Å²) in [6, 6.07) is 12.0. The van der Waals surface area contributed by atoms with Gasteiger partial charge in [-0.05, 0) is 50.3 Å². The standard InChI is InChI=1S/C26H36FN3O4/c1-29(2)11-10-28-26(31)21-12-20(18-34-23-7-5-6-22(27)14-23)16-30(17-21)15-19-8-9-24(32-3)25(13-19)33-4/h5-9,13-14,20-21H,10-12,15-18H2,1-4H3,(H,28,31)/t20-,21+/m0/s1. The summed E-state index contributed by atoms with van der Waals surface area (Å²) in [4.78, 5) is 17.3. The summed E-state index contributed by atoms with van der Waals surface area (Å²) in [5, 5.41) is 3.07. The Morgan fingerprint density at radius 1 is 1.12 bits per heavy atom. The molecule has 8 heteroatoms. The van der Waals surface area contributed by atoms with E-state index in [4.69, 9.17) is 14.2 Å². The first-order valence-corrected chi connectivity index (χ1v) is 11.6. The number of rotatable bonds is 11. The predicted octanol–water partition coefficient (Wildman–Crippen LogP) is 3.04. The summed E-state index contributed by atoms with van der Waals surface area (Å²) in [5.41, 5.74) is 1.08. The largest absolute Gasteiger partial charge is 0.493 e. The molecule has 186 valence electrons. The van der Waals surface area contributed by atoms with E-state index in [1.807, 2.05) is 37.2 Å². The van der Waals surface area contributed by atoms with E-state index >= 15 is 0 Å². The van der Waals surface area contributed by atoms with E-state index < -0.39 is 0 Å². The highest BCUT2D eigenvalue weighted by atomic mass is 19.1. The SMILES string of the molecule is COc1ccc(CN2C[C@@H](COc3cccc(F)c3)C[C@@H](C(=O)NCCN(C)C)C2)cc1OC. The number of hydrogen-bond acceptors (Lipinski definition) is 6. The summed E-state index contributed by atoms with van der Waals surface area (Å²) >= 11 is 0. The lowest BCUT2D eigenvalue weighted by Gasteiger charge is -2.37. The highest BCUT2D eigenvalue weighted by Gasteiger charge is 2.32. The summed E-state index contributed by atoms with van der Waals surface area (Å²) in [6.07, 6.45) is 0.728. The molecule has 2 atom stereocenters. The second-order valence-electron chi connectivity index (χ2n) is 9.04. The van der Waals surface area contributed by atoms with Gasteiger partial charge in [0.25, 0.3) is 0 Å². The van der Waals surface area contributed by atoms with Crippen LogP contribution in [0.5, 0.6) is 17.2 Å². The third-order valence-electron chi connectivity index (χ3n) is 5.98. The molecule has 1 saturated heterocycles. The van der Waals surface area contributed by atoms with Gasteiger partial charge >= 0.3 is 0 Å². The molecular weight excluding hydrogens is 437 g/mol. The van der Waals surface area contributed by atoms with Crippen LogP contribution in [0.1, 0.15) is 12.0 Å². The van der Waals surface area contributed by atoms with E-state index in [1.54, 1.807) is 26.4 Å².